The second kappa shape index (κ2) is 5.09. The van der Waals surface area contributed by atoms with Gasteiger partial charge in [0.15, 0.2) is 0 Å². The second-order valence-electron chi connectivity index (χ2n) is 3.41. The van der Waals surface area contributed by atoms with Crippen LogP contribution in [0.4, 0.5) is 0 Å². The highest BCUT2D eigenvalue weighted by molar-refractivity contribution is 7.11. The molecule has 0 aliphatic rings. The summed E-state index contributed by atoms with van der Waals surface area (Å²) in [4.78, 5) is 5.46. The van der Waals surface area contributed by atoms with Gasteiger partial charge in [-0.1, -0.05) is 18.2 Å². The third kappa shape index (κ3) is 2.40. The molecule has 1 heterocycles. The van der Waals surface area contributed by atoms with Crippen molar-refractivity contribution in [1.29, 1.82) is 0 Å². The summed E-state index contributed by atoms with van der Waals surface area (Å²) in [6.07, 6.45) is 2.64. The van der Waals surface area contributed by atoms with Gasteiger partial charge in [-0.05, 0) is 6.07 Å². The lowest BCUT2D eigenvalue weighted by molar-refractivity contribution is 0.410. The van der Waals surface area contributed by atoms with Crippen molar-refractivity contribution in [2.24, 2.45) is 5.73 Å². The summed E-state index contributed by atoms with van der Waals surface area (Å²) < 4.78 is 5.30. The molecule has 0 atom stereocenters. The molecule has 0 radical (unpaired) electrons. The smallest absolute Gasteiger partial charge is 0.122 e. The van der Waals surface area contributed by atoms with Crippen molar-refractivity contribution in [3.8, 4) is 5.75 Å². The lowest BCUT2D eigenvalue weighted by Gasteiger charge is -2.05. The van der Waals surface area contributed by atoms with Gasteiger partial charge in [0.2, 0.25) is 0 Å². The molecular weight excluding hydrogens is 220 g/mol. The van der Waals surface area contributed by atoms with Crippen molar-refractivity contribution in [3.63, 3.8) is 0 Å². The van der Waals surface area contributed by atoms with Crippen molar-refractivity contribution in [2.75, 3.05) is 7.11 Å². The molecular formula is C12H14N2OS. The Labute approximate surface area is 98.9 Å². The van der Waals surface area contributed by atoms with Crippen molar-refractivity contribution >= 4 is 11.3 Å². The minimum atomic E-state index is 0.559. The SMILES string of the molecule is COc1ccccc1Cc1ncc(CN)s1. The van der Waals surface area contributed by atoms with Crippen LogP contribution in [0, 0.1) is 0 Å². The average molecular weight is 234 g/mol. The number of benzene rings is 1. The van der Waals surface area contributed by atoms with Gasteiger partial charge in [-0.3, -0.25) is 0 Å². The van der Waals surface area contributed by atoms with Crippen LogP contribution in [0.15, 0.2) is 30.5 Å². The van der Waals surface area contributed by atoms with E-state index in [1.165, 1.54) is 0 Å². The van der Waals surface area contributed by atoms with E-state index in [1.54, 1.807) is 18.4 Å². The van der Waals surface area contributed by atoms with Gasteiger partial charge in [0.25, 0.3) is 0 Å². The van der Waals surface area contributed by atoms with E-state index in [0.29, 0.717) is 6.54 Å². The molecule has 2 N–H and O–H groups in total. The van der Waals surface area contributed by atoms with Crippen LogP contribution in [0.1, 0.15) is 15.4 Å². The summed E-state index contributed by atoms with van der Waals surface area (Å²) in [7, 11) is 1.69. The Morgan fingerprint density at radius 2 is 2.19 bits per heavy atom. The highest BCUT2D eigenvalue weighted by Gasteiger charge is 2.06. The summed E-state index contributed by atoms with van der Waals surface area (Å²) in [5.74, 6) is 0.909. The van der Waals surface area contributed by atoms with Crippen molar-refractivity contribution in [2.45, 2.75) is 13.0 Å². The standard InChI is InChI=1S/C12H14N2OS/c1-15-11-5-3-2-4-9(11)6-12-14-8-10(7-13)16-12/h2-5,8H,6-7,13H2,1H3. The minimum absolute atomic E-state index is 0.559. The third-order valence-electron chi connectivity index (χ3n) is 2.34. The molecule has 1 aromatic heterocycles. The van der Waals surface area contributed by atoms with Crippen molar-refractivity contribution in [3.05, 3.63) is 45.9 Å². The van der Waals surface area contributed by atoms with Crippen LogP contribution in [0.5, 0.6) is 5.75 Å². The number of para-hydroxylation sites is 1. The highest BCUT2D eigenvalue weighted by atomic mass is 32.1. The molecule has 0 aliphatic carbocycles. The van der Waals surface area contributed by atoms with Gasteiger partial charge in [0, 0.05) is 29.6 Å². The third-order valence-corrected chi connectivity index (χ3v) is 3.36. The van der Waals surface area contributed by atoms with E-state index in [2.05, 4.69) is 11.1 Å². The van der Waals surface area contributed by atoms with Gasteiger partial charge >= 0.3 is 0 Å². The first-order valence-corrected chi connectivity index (χ1v) is 5.90. The maximum Gasteiger partial charge on any atom is 0.122 e. The molecule has 0 unspecified atom stereocenters. The molecule has 0 aliphatic heterocycles. The lowest BCUT2D eigenvalue weighted by Crippen LogP contribution is -1.92. The summed E-state index contributed by atoms with van der Waals surface area (Å²) in [5.41, 5.74) is 6.71. The number of nitrogens with two attached hydrogens (primary N) is 1. The molecule has 16 heavy (non-hydrogen) atoms. The number of ether oxygens (including phenoxy) is 1. The first kappa shape index (κ1) is 11.1. The molecule has 3 nitrogen and oxygen atoms in total. The van der Waals surface area contributed by atoms with Crippen LogP contribution in [0.3, 0.4) is 0 Å². The molecule has 0 saturated heterocycles. The van der Waals surface area contributed by atoms with Crippen LogP contribution in [-0.4, -0.2) is 12.1 Å². The number of rotatable bonds is 4. The molecule has 0 bridgehead atoms. The van der Waals surface area contributed by atoms with E-state index in [9.17, 15) is 0 Å². The lowest BCUT2D eigenvalue weighted by atomic mass is 10.1. The zero-order valence-corrected chi connectivity index (χ0v) is 9.96. The maximum absolute atomic E-state index is 5.56. The van der Waals surface area contributed by atoms with E-state index in [1.807, 2.05) is 24.4 Å². The summed E-state index contributed by atoms with van der Waals surface area (Å²) in [6.45, 7) is 0.559. The van der Waals surface area contributed by atoms with Crippen LogP contribution in [0.25, 0.3) is 0 Å². The summed E-state index contributed by atoms with van der Waals surface area (Å²) in [6, 6.07) is 8.00. The Hall–Kier alpha value is -1.39. The van der Waals surface area contributed by atoms with Crippen molar-refractivity contribution < 1.29 is 4.74 Å². The largest absolute Gasteiger partial charge is 0.496 e. The molecule has 2 rings (SSSR count). The average Bonchev–Trinajstić information content (AvgIpc) is 2.77. The van der Waals surface area contributed by atoms with Gasteiger partial charge in [-0.25, -0.2) is 4.98 Å². The van der Waals surface area contributed by atoms with Crippen LogP contribution >= 0.6 is 11.3 Å². The highest BCUT2D eigenvalue weighted by Crippen LogP contribution is 2.23. The minimum Gasteiger partial charge on any atom is -0.496 e. The predicted octanol–water partition coefficient (Wildman–Crippen LogP) is 2.20. The van der Waals surface area contributed by atoms with E-state index in [-0.39, 0.29) is 0 Å². The maximum atomic E-state index is 5.56. The molecule has 84 valence electrons. The summed E-state index contributed by atoms with van der Waals surface area (Å²) >= 11 is 1.66. The first-order valence-electron chi connectivity index (χ1n) is 5.09. The monoisotopic (exact) mass is 234 g/mol. The number of thiazole rings is 1. The van der Waals surface area contributed by atoms with E-state index >= 15 is 0 Å². The van der Waals surface area contributed by atoms with Gasteiger partial charge in [0.05, 0.1) is 12.1 Å². The predicted molar refractivity (Wildman–Crippen MR) is 65.8 cm³/mol. The normalized spacial score (nSPS) is 10.4. The molecule has 4 heteroatoms. The van der Waals surface area contributed by atoms with E-state index in [4.69, 9.17) is 10.5 Å². The first-order chi connectivity index (χ1) is 7.83. The Bertz CT molecular complexity index is 468. The van der Waals surface area contributed by atoms with Gasteiger partial charge in [-0.15, -0.1) is 11.3 Å². The van der Waals surface area contributed by atoms with Gasteiger partial charge in [-0.2, -0.15) is 0 Å². The number of hydrogen-bond acceptors (Lipinski definition) is 4. The van der Waals surface area contributed by atoms with Crippen LogP contribution in [-0.2, 0) is 13.0 Å². The Morgan fingerprint density at radius 1 is 1.38 bits per heavy atom. The molecule has 0 amide bonds. The summed E-state index contributed by atoms with van der Waals surface area (Å²) in [5, 5.41) is 1.07. The number of aromatic nitrogens is 1. The number of methoxy groups -OCH3 is 1. The van der Waals surface area contributed by atoms with E-state index in [0.717, 1.165) is 27.6 Å². The van der Waals surface area contributed by atoms with Crippen molar-refractivity contribution in [1.82, 2.24) is 4.98 Å². The quantitative estimate of drug-likeness (QED) is 0.882. The second-order valence-corrected chi connectivity index (χ2v) is 4.61. The van der Waals surface area contributed by atoms with Gasteiger partial charge < -0.3 is 10.5 Å². The number of hydrogen-bond donors (Lipinski definition) is 1. The zero-order chi connectivity index (χ0) is 11.4. The fourth-order valence-electron chi connectivity index (χ4n) is 1.54. The molecule has 1 aromatic carbocycles. The Kier molecular flexibility index (Phi) is 3.54. The van der Waals surface area contributed by atoms with E-state index < -0.39 is 0 Å². The Morgan fingerprint density at radius 3 is 2.88 bits per heavy atom. The fraction of sp³-hybridized carbons (Fsp3) is 0.250. The molecule has 2 aromatic rings. The zero-order valence-electron chi connectivity index (χ0n) is 9.14. The fourth-order valence-corrected chi connectivity index (χ4v) is 2.36. The molecule has 0 saturated carbocycles. The Balaban J connectivity index is 2.19. The van der Waals surface area contributed by atoms with Gasteiger partial charge in [0.1, 0.15) is 5.75 Å². The topological polar surface area (TPSA) is 48.1 Å². The molecule has 0 spiro atoms. The number of nitrogens with zero attached hydrogens (tertiary/aromatic N) is 1. The molecule has 0 fully saturated rings. The van der Waals surface area contributed by atoms with Crippen LogP contribution < -0.4 is 10.5 Å². The van der Waals surface area contributed by atoms with Crippen LogP contribution in [0.2, 0.25) is 0 Å².